The van der Waals surface area contributed by atoms with Crippen LogP contribution in [0.3, 0.4) is 0 Å². The molecule has 0 saturated heterocycles. The molecule has 0 spiro atoms. The Hall–Kier alpha value is -1.50. The van der Waals surface area contributed by atoms with E-state index in [4.69, 9.17) is 4.74 Å². The molecule has 0 aromatic carbocycles. The lowest BCUT2D eigenvalue weighted by atomic mass is 10.3. The molecule has 0 atom stereocenters. The number of thiazole rings is 1. The van der Waals surface area contributed by atoms with Gasteiger partial charge in [-0.25, -0.2) is 4.98 Å². The predicted molar refractivity (Wildman–Crippen MR) is 81.9 cm³/mol. The molecule has 0 saturated carbocycles. The Morgan fingerprint density at radius 1 is 1.45 bits per heavy atom. The lowest BCUT2D eigenvalue weighted by molar-refractivity contribution is 0.181. The van der Waals surface area contributed by atoms with E-state index >= 15 is 0 Å². The second kappa shape index (κ2) is 7.33. The van der Waals surface area contributed by atoms with Crippen molar-refractivity contribution >= 4 is 16.5 Å². The molecule has 1 N–H and O–H groups in total. The monoisotopic (exact) mass is 292 g/mol. The first-order valence-electron chi connectivity index (χ1n) is 6.46. The number of pyridine rings is 1. The van der Waals surface area contributed by atoms with Crippen LogP contribution in [-0.4, -0.2) is 31.2 Å². The minimum Gasteiger partial charge on any atom is -0.378 e. The molecular formula is C14H20N4OS. The van der Waals surface area contributed by atoms with Gasteiger partial charge in [0.1, 0.15) is 0 Å². The fourth-order valence-electron chi connectivity index (χ4n) is 1.91. The lowest BCUT2D eigenvalue weighted by Gasteiger charge is -2.15. The van der Waals surface area contributed by atoms with E-state index in [-0.39, 0.29) is 0 Å². The van der Waals surface area contributed by atoms with Crippen molar-refractivity contribution in [2.24, 2.45) is 0 Å². The number of hydrogen-bond donors (Lipinski definition) is 1. The average molecular weight is 292 g/mol. The van der Waals surface area contributed by atoms with E-state index in [9.17, 15) is 0 Å². The average Bonchev–Trinajstić information content (AvgIpc) is 2.84. The Morgan fingerprint density at radius 2 is 2.30 bits per heavy atom. The molecule has 0 unspecified atom stereocenters. The van der Waals surface area contributed by atoms with Gasteiger partial charge < -0.3 is 15.0 Å². The van der Waals surface area contributed by atoms with Crippen molar-refractivity contribution in [1.29, 1.82) is 0 Å². The first-order valence-corrected chi connectivity index (χ1v) is 7.28. The summed E-state index contributed by atoms with van der Waals surface area (Å²) in [5.74, 6) is 0. The van der Waals surface area contributed by atoms with E-state index in [1.165, 1.54) is 10.4 Å². The number of ether oxygens (including phenoxy) is 1. The molecular weight excluding hydrogens is 272 g/mol. The van der Waals surface area contributed by atoms with E-state index in [2.05, 4.69) is 26.3 Å². The van der Waals surface area contributed by atoms with E-state index < -0.39 is 0 Å². The summed E-state index contributed by atoms with van der Waals surface area (Å²) in [4.78, 5) is 12.2. The molecule has 0 bridgehead atoms. The third kappa shape index (κ3) is 3.75. The van der Waals surface area contributed by atoms with Crippen molar-refractivity contribution in [1.82, 2.24) is 15.3 Å². The van der Waals surface area contributed by atoms with Gasteiger partial charge in [-0.1, -0.05) is 6.07 Å². The van der Waals surface area contributed by atoms with Crippen LogP contribution in [0.1, 0.15) is 16.1 Å². The molecule has 0 aliphatic rings. The van der Waals surface area contributed by atoms with Crippen LogP contribution in [-0.2, 0) is 24.4 Å². The molecule has 6 heteroatoms. The number of hydrogen-bond acceptors (Lipinski definition) is 6. The highest BCUT2D eigenvalue weighted by Gasteiger charge is 2.13. The third-order valence-electron chi connectivity index (χ3n) is 2.85. The summed E-state index contributed by atoms with van der Waals surface area (Å²) in [7, 11) is 5.68. The number of nitrogens with zero attached hydrogens (tertiary/aromatic N) is 3. The van der Waals surface area contributed by atoms with Crippen LogP contribution in [0, 0.1) is 0 Å². The largest absolute Gasteiger partial charge is 0.378 e. The minimum atomic E-state index is 0.550. The van der Waals surface area contributed by atoms with Gasteiger partial charge in [-0.05, 0) is 18.7 Å². The molecule has 2 rings (SSSR count). The van der Waals surface area contributed by atoms with Gasteiger partial charge in [-0.3, -0.25) is 4.98 Å². The third-order valence-corrected chi connectivity index (χ3v) is 4.07. The first kappa shape index (κ1) is 14.9. The molecule has 0 aliphatic heterocycles. The van der Waals surface area contributed by atoms with Crippen LogP contribution in [0.15, 0.2) is 24.5 Å². The summed E-state index contributed by atoms with van der Waals surface area (Å²) in [5.41, 5.74) is 2.19. The smallest absolute Gasteiger partial charge is 0.185 e. The van der Waals surface area contributed by atoms with Crippen LogP contribution >= 0.6 is 11.3 Å². The summed E-state index contributed by atoms with van der Waals surface area (Å²) in [6.45, 7) is 2.16. The molecule has 5 nitrogen and oxygen atoms in total. The lowest BCUT2D eigenvalue weighted by Crippen LogP contribution is -2.16. The number of nitrogens with one attached hydrogen (secondary N) is 1. The van der Waals surface area contributed by atoms with E-state index in [1.54, 1.807) is 24.6 Å². The number of rotatable bonds is 7. The maximum absolute atomic E-state index is 5.21. The summed E-state index contributed by atoms with van der Waals surface area (Å²) < 4.78 is 5.21. The summed E-state index contributed by atoms with van der Waals surface area (Å²) >= 11 is 1.70. The Kier molecular flexibility index (Phi) is 5.46. The molecule has 0 aliphatic carbocycles. The molecule has 20 heavy (non-hydrogen) atoms. The van der Waals surface area contributed by atoms with Gasteiger partial charge in [0.15, 0.2) is 5.13 Å². The van der Waals surface area contributed by atoms with Gasteiger partial charge in [0.05, 0.1) is 12.3 Å². The van der Waals surface area contributed by atoms with E-state index in [0.29, 0.717) is 6.61 Å². The molecule has 0 fully saturated rings. The van der Waals surface area contributed by atoms with E-state index in [0.717, 1.165) is 23.9 Å². The Labute approximate surface area is 123 Å². The zero-order valence-electron chi connectivity index (χ0n) is 12.1. The highest BCUT2D eigenvalue weighted by molar-refractivity contribution is 7.15. The summed E-state index contributed by atoms with van der Waals surface area (Å²) in [6, 6.07) is 4.02. The fourth-order valence-corrected chi connectivity index (χ4v) is 2.95. The second-order valence-corrected chi connectivity index (χ2v) is 5.61. The van der Waals surface area contributed by atoms with Crippen molar-refractivity contribution in [3.05, 3.63) is 40.7 Å². The number of methoxy groups -OCH3 is 1. The van der Waals surface area contributed by atoms with Gasteiger partial charge in [0.25, 0.3) is 0 Å². The van der Waals surface area contributed by atoms with Crippen molar-refractivity contribution in [2.75, 3.05) is 26.1 Å². The molecule has 0 radical (unpaired) electrons. The van der Waals surface area contributed by atoms with Gasteiger partial charge in [-0.15, -0.1) is 11.3 Å². The van der Waals surface area contributed by atoms with Gasteiger partial charge in [0, 0.05) is 44.5 Å². The second-order valence-electron chi connectivity index (χ2n) is 4.55. The highest BCUT2D eigenvalue weighted by atomic mass is 32.1. The van der Waals surface area contributed by atoms with Gasteiger partial charge in [0.2, 0.25) is 0 Å². The van der Waals surface area contributed by atoms with Crippen LogP contribution in [0.5, 0.6) is 0 Å². The molecule has 2 heterocycles. The predicted octanol–water partition coefficient (Wildman–Crippen LogP) is 2.04. The zero-order chi connectivity index (χ0) is 14.4. The quantitative estimate of drug-likeness (QED) is 0.846. The Morgan fingerprint density at radius 3 is 2.95 bits per heavy atom. The summed E-state index contributed by atoms with van der Waals surface area (Å²) in [6.07, 6.45) is 3.67. The van der Waals surface area contributed by atoms with Crippen molar-refractivity contribution in [3.8, 4) is 0 Å². The zero-order valence-corrected chi connectivity index (χ0v) is 12.9. The van der Waals surface area contributed by atoms with Gasteiger partial charge >= 0.3 is 0 Å². The first-order chi connectivity index (χ1) is 9.74. The fraction of sp³-hybridized carbons (Fsp3) is 0.429. The van der Waals surface area contributed by atoms with E-state index in [1.807, 2.05) is 26.4 Å². The molecule has 2 aromatic heterocycles. The molecule has 108 valence electrons. The molecule has 0 amide bonds. The summed E-state index contributed by atoms with van der Waals surface area (Å²) in [5, 5.41) is 4.18. The number of anilines is 1. The highest BCUT2D eigenvalue weighted by Crippen LogP contribution is 2.27. The number of aromatic nitrogens is 2. The van der Waals surface area contributed by atoms with Crippen LogP contribution in [0.25, 0.3) is 0 Å². The molecule has 2 aromatic rings. The standard InChI is InChI=1S/C14H20N4OS/c1-15-8-13-12(10-19-3)17-14(20-13)18(2)9-11-5-4-6-16-7-11/h4-7,15H,8-10H2,1-3H3. The van der Waals surface area contributed by atoms with Crippen LogP contribution in [0.4, 0.5) is 5.13 Å². The van der Waals surface area contributed by atoms with Gasteiger partial charge in [-0.2, -0.15) is 0 Å². The Balaban J connectivity index is 2.13. The maximum atomic E-state index is 5.21. The van der Waals surface area contributed by atoms with Crippen molar-refractivity contribution in [3.63, 3.8) is 0 Å². The normalized spacial score (nSPS) is 10.8. The van der Waals surface area contributed by atoms with Crippen LogP contribution in [0.2, 0.25) is 0 Å². The van der Waals surface area contributed by atoms with Crippen molar-refractivity contribution in [2.45, 2.75) is 19.7 Å². The van der Waals surface area contributed by atoms with Crippen LogP contribution < -0.4 is 10.2 Å². The maximum Gasteiger partial charge on any atom is 0.185 e. The van der Waals surface area contributed by atoms with Crippen molar-refractivity contribution < 1.29 is 4.74 Å². The topological polar surface area (TPSA) is 50.3 Å². The minimum absolute atomic E-state index is 0.550. The SMILES string of the molecule is CNCc1sc(N(C)Cc2cccnc2)nc1COC. The Bertz CT molecular complexity index is 506.